The van der Waals surface area contributed by atoms with Gasteiger partial charge in [0.2, 0.25) is 11.6 Å². The lowest BCUT2D eigenvalue weighted by Gasteiger charge is -2.12. The zero-order valence-corrected chi connectivity index (χ0v) is 12.3. The monoisotopic (exact) mass is 293 g/mol. The van der Waals surface area contributed by atoms with Crippen molar-refractivity contribution in [2.45, 2.75) is 0 Å². The Morgan fingerprint density at radius 1 is 1.00 bits per heavy atom. The molecule has 0 amide bonds. The standard InChI is InChI=1S/C16H15N5O/c1-20(2)13-8-10-14(11-9-13)21-16(17-18-19-21)15(22)12-6-4-3-5-7-12/h3-11H,1-2H3. The Morgan fingerprint density at radius 2 is 1.68 bits per heavy atom. The van der Waals surface area contributed by atoms with Gasteiger partial charge < -0.3 is 4.90 Å². The molecule has 3 aromatic rings. The molecule has 0 bridgehead atoms. The molecule has 0 N–H and O–H groups in total. The van der Waals surface area contributed by atoms with E-state index < -0.39 is 0 Å². The number of tetrazole rings is 1. The van der Waals surface area contributed by atoms with Crippen molar-refractivity contribution in [2.75, 3.05) is 19.0 Å². The van der Waals surface area contributed by atoms with Crippen LogP contribution < -0.4 is 4.90 Å². The molecule has 0 saturated carbocycles. The summed E-state index contributed by atoms with van der Waals surface area (Å²) in [4.78, 5) is 14.5. The predicted octanol–water partition coefficient (Wildman–Crippen LogP) is 1.96. The van der Waals surface area contributed by atoms with Crippen LogP contribution in [-0.2, 0) is 0 Å². The summed E-state index contributed by atoms with van der Waals surface area (Å²) in [6, 6.07) is 16.6. The van der Waals surface area contributed by atoms with Crippen LogP contribution in [0.15, 0.2) is 54.6 Å². The molecule has 0 aliphatic rings. The quantitative estimate of drug-likeness (QED) is 0.688. The van der Waals surface area contributed by atoms with Crippen LogP contribution in [0.5, 0.6) is 0 Å². The van der Waals surface area contributed by atoms with E-state index in [0.29, 0.717) is 5.56 Å². The lowest BCUT2D eigenvalue weighted by atomic mass is 10.1. The van der Waals surface area contributed by atoms with Gasteiger partial charge in [-0.3, -0.25) is 4.79 Å². The summed E-state index contributed by atoms with van der Waals surface area (Å²) in [5.74, 6) is -0.00825. The van der Waals surface area contributed by atoms with Crippen molar-refractivity contribution in [3.8, 4) is 5.69 Å². The summed E-state index contributed by atoms with van der Waals surface area (Å²) in [6.07, 6.45) is 0. The zero-order valence-electron chi connectivity index (χ0n) is 12.3. The molecular weight excluding hydrogens is 278 g/mol. The highest BCUT2D eigenvalue weighted by atomic mass is 16.1. The van der Waals surface area contributed by atoms with Gasteiger partial charge in [-0.15, -0.1) is 5.10 Å². The van der Waals surface area contributed by atoms with Crippen molar-refractivity contribution in [1.29, 1.82) is 0 Å². The maximum Gasteiger partial charge on any atom is 0.232 e. The second kappa shape index (κ2) is 5.77. The van der Waals surface area contributed by atoms with Gasteiger partial charge >= 0.3 is 0 Å². The van der Waals surface area contributed by atoms with Gasteiger partial charge in [0.15, 0.2) is 0 Å². The SMILES string of the molecule is CN(C)c1ccc(-n2nnnc2C(=O)c2ccccc2)cc1. The summed E-state index contributed by atoms with van der Waals surface area (Å²) in [5.41, 5.74) is 2.37. The van der Waals surface area contributed by atoms with Crippen LogP contribution in [0.25, 0.3) is 5.69 Å². The van der Waals surface area contributed by atoms with Crippen LogP contribution >= 0.6 is 0 Å². The molecule has 2 aromatic carbocycles. The van der Waals surface area contributed by atoms with E-state index in [0.717, 1.165) is 11.4 Å². The largest absolute Gasteiger partial charge is 0.378 e. The van der Waals surface area contributed by atoms with Crippen molar-refractivity contribution in [3.63, 3.8) is 0 Å². The molecule has 1 heterocycles. The van der Waals surface area contributed by atoms with Gasteiger partial charge in [0.05, 0.1) is 5.69 Å². The van der Waals surface area contributed by atoms with Gasteiger partial charge in [-0.1, -0.05) is 30.3 Å². The number of rotatable bonds is 4. The molecule has 6 heteroatoms. The molecule has 110 valence electrons. The van der Waals surface area contributed by atoms with Gasteiger partial charge in [-0.25, -0.2) is 0 Å². The predicted molar refractivity (Wildman–Crippen MR) is 83.4 cm³/mol. The van der Waals surface area contributed by atoms with Crippen LogP contribution in [0.1, 0.15) is 16.2 Å². The Balaban J connectivity index is 1.97. The first-order chi connectivity index (χ1) is 10.7. The maximum atomic E-state index is 12.5. The van der Waals surface area contributed by atoms with E-state index >= 15 is 0 Å². The second-order valence-electron chi connectivity index (χ2n) is 5.02. The van der Waals surface area contributed by atoms with E-state index in [9.17, 15) is 4.79 Å². The normalized spacial score (nSPS) is 10.5. The highest BCUT2D eigenvalue weighted by Crippen LogP contribution is 2.16. The fraction of sp³-hybridized carbons (Fsp3) is 0.125. The van der Waals surface area contributed by atoms with Crippen LogP contribution in [0, 0.1) is 0 Å². The molecule has 6 nitrogen and oxygen atoms in total. The molecule has 0 atom stereocenters. The number of hydrogen-bond acceptors (Lipinski definition) is 5. The van der Waals surface area contributed by atoms with Gasteiger partial charge in [0.1, 0.15) is 0 Å². The molecule has 3 rings (SSSR count). The summed E-state index contributed by atoms with van der Waals surface area (Å²) >= 11 is 0. The van der Waals surface area contributed by atoms with E-state index in [4.69, 9.17) is 0 Å². The van der Waals surface area contributed by atoms with E-state index in [-0.39, 0.29) is 11.6 Å². The minimum absolute atomic E-state index is 0.198. The van der Waals surface area contributed by atoms with E-state index in [2.05, 4.69) is 15.5 Å². The van der Waals surface area contributed by atoms with Crippen LogP contribution in [0.2, 0.25) is 0 Å². The van der Waals surface area contributed by atoms with E-state index in [1.54, 1.807) is 12.1 Å². The Kier molecular flexibility index (Phi) is 3.65. The first-order valence-corrected chi connectivity index (χ1v) is 6.83. The molecule has 0 radical (unpaired) electrons. The average Bonchev–Trinajstić information content (AvgIpc) is 3.04. The number of nitrogens with zero attached hydrogens (tertiary/aromatic N) is 5. The van der Waals surface area contributed by atoms with E-state index in [1.165, 1.54) is 4.68 Å². The highest BCUT2D eigenvalue weighted by molar-refractivity contribution is 6.06. The van der Waals surface area contributed by atoms with Crippen LogP contribution in [0.3, 0.4) is 0 Å². The number of carbonyl (C=O) groups is 1. The van der Waals surface area contributed by atoms with Crippen molar-refractivity contribution in [2.24, 2.45) is 0 Å². The number of carbonyl (C=O) groups excluding carboxylic acids is 1. The molecule has 0 saturated heterocycles. The fourth-order valence-corrected chi connectivity index (χ4v) is 2.11. The molecule has 22 heavy (non-hydrogen) atoms. The third-order valence-corrected chi connectivity index (χ3v) is 3.32. The van der Waals surface area contributed by atoms with Crippen LogP contribution in [-0.4, -0.2) is 40.1 Å². The second-order valence-corrected chi connectivity index (χ2v) is 5.02. The number of benzene rings is 2. The van der Waals surface area contributed by atoms with Crippen molar-refractivity contribution >= 4 is 11.5 Å². The topological polar surface area (TPSA) is 63.9 Å². The number of ketones is 1. The first-order valence-electron chi connectivity index (χ1n) is 6.83. The lowest BCUT2D eigenvalue weighted by Crippen LogP contribution is -2.12. The zero-order chi connectivity index (χ0) is 15.5. The average molecular weight is 293 g/mol. The third kappa shape index (κ3) is 2.58. The molecular formula is C16H15N5O. The Morgan fingerprint density at radius 3 is 2.32 bits per heavy atom. The Hall–Kier alpha value is -3.02. The van der Waals surface area contributed by atoms with Crippen molar-refractivity contribution < 1.29 is 4.79 Å². The fourth-order valence-electron chi connectivity index (χ4n) is 2.11. The molecule has 1 aromatic heterocycles. The highest BCUT2D eigenvalue weighted by Gasteiger charge is 2.18. The lowest BCUT2D eigenvalue weighted by molar-refractivity contribution is 0.102. The number of aromatic nitrogens is 4. The van der Waals surface area contributed by atoms with Gasteiger partial charge in [0, 0.05) is 25.3 Å². The molecule has 0 spiro atoms. The Bertz CT molecular complexity index is 778. The van der Waals surface area contributed by atoms with E-state index in [1.807, 2.05) is 61.5 Å². The van der Waals surface area contributed by atoms with Crippen molar-refractivity contribution in [1.82, 2.24) is 20.2 Å². The summed E-state index contributed by atoms with van der Waals surface area (Å²) in [6.45, 7) is 0. The van der Waals surface area contributed by atoms with Crippen LogP contribution in [0.4, 0.5) is 5.69 Å². The molecule has 0 aliphatic carbocycles. The molecule has 0 unspecified atom stereocenters. The maximum absolute atomic E-state index is 12.5. The van der Waals surface area contributed by atoms with Crippen molar-refractivity contribution in [3.05, 3.63) is 66.0 Å². The first kappa shape index (κ1) is 13.9. The van der Waals surface area contributed by atoms with Gasteiger partial charge in [0.25, 0.3) is 0 Å². The smallest absolute Gasteiger partial charge is 0.232 e. The molecule has 0 fully saturated rings. The molecule has 0 aliphatic heterocycles. The summed E-state index contributed by atoms with van der Waals surface area (Å²) in [7, 11) is 3.94. The third-order valence-electron chi connectivity index (χ3n) is 3.32. The summed E-state index contributed by atoms with van der Waals surface area (Å²) < 4.78 is 1.45. The Labute approximate surface area is 128 Å². The number of hydrogen-bond donors (Lipinski definition) is 0. The minimum atomic E-state index is -0.206. The summed E-state index contributed by atoms with van der Waals surface area (Å²) in [5, 5.41) is 11.4. The minimum Gasteiger partial charge on any atom is -0.378 e. The number of anilines is 1. The van der Waals surface area contributed by atoms with Gasteiger partial charge in [-0.2, -0.15) is 4.68 Å². The van der Waals surface area contributed by atoms with Gasteiger partial charge in [-0.05, 0) is 34.7 Å².